The van der Waals surface area contributed by atoms with Crippen LogP contribution in [0, 0.1) is 13.8 Å². The van der Waals surface area contributed by atoms with Gasteiger partial charge in [0.1, 0.15) is 0 Å². The summed E-state index contributed by atoms with van der Waals surface area (Å²) < 4.78 is 0. The average Bonchev–Trinajstić information content (AvgIpc) is 2.72. The Kier molecular flexibility index (Phi) is 3.11. The van der Waals surface area contributed by atoms with E-state index >= 15 is 0 Å². The van der Waals surface area contributed by atoms with Crippen LogP contribution in [-0.4, -0.2) is 0 Å². The number of rotatable bonds is 0. The van der Waals surface area contributed by atoms with Crippen LogP contribution in [0.15, 0.2) is 84.9 Å². The van der Waals surface area contributed by atoms with Gasteiger partial charge in [-0.1, -0.05) is 84.9 Å². The lowest BCUT2D eigenvalue weighted by Crippen LogP contribution is -1.90. The predicted molar refractivity (Wildman–Crippen MR) is 123 cm³/mol. The van der Waals surface area contributed by atoms with Crippen molar-refractivity contribution >= 4 is 53.9 Å². The summed E-state index contributed by atoms with van der Waals surface area (Å²) in [5, 5.41) is 13.5. The van der Waals surface area contributed by atoms with Crippen LogP contribution >= 0.6 is 0 Å². The largest absolute Gasteiger partial charge is 0.0616 e. The van der Waals surface area contributed by atoms with Gasteiger partial charge in [-0.2, -0.15) is 0 Å². The standard InChI is InChI=1S/C28H20/c1-17-15-21-13-11-19-7-3-5-9-23(19)26(21)28-25(17)18(2)16-22-14-12-20-8-4-6-10-24(20)27(22)28/h3-16H,1-2H3. The highest BCUT2D eigenvalue weighted by molar-refractivity contribution is 6.33. The van der Waals surface area contributed by atoms with Crippen molar-refractivity contribution in [1.82, 2.24) is 0 Å². The molecule has 0 fully saturated rings. The van der Waals surface area contributed by atoms with Crippen LogP contribution in [-0.2, 0) is 0 Å². The fourth-order valence-electron chi connectivity index (χ4n) is 5.07. The molecule has 0 heteroatoms. The molecule has 0 atom stereocenters. The lowest BCUT2D eigenvalue weighted by atomic mass is 9.87. The van der Waals surface area contributed by atoms with E-state index in [9.17, 15) is 0 Å². The van der Waals surface area contributed by atoms with E-state index in [1.807, 2.05) is 0 Å². The summed E-state index contributed by atoms with van der Waals surface area (Å²) in [7, 11) is 0. The Morgan fingerprint density at radius 1 is 0.393 bits per heavy atom. The molecule has 0 nitrogen and oxygen atoms in total. The molecule has 0 aromatic heterocycles. The predicted octanol–water partition coefficient (Wildman–Crippen LogP) is 8.07. The van der Waals surface area contributed by atoms with E-state index in [2.05, 4.69) is 98.8 Å². The van der Waals surface area contributed by atoms with Crippen molar-refractivity contribution in [3.05, 3.63) is 96.1 Å². The van der Waals surface area contributed by atoms with Gasteiger partial charge in [-0.3, -0.25) is 0 Å². The molecule has 0 spiro atoms. The van der Waals surface area contributed by atoms with Gasteiger partial charge < -0.3 is 0 Å². The Morgan fingerprint density at radius 3 is 1.32 bits per heavy atom. The molecule has 0 heterocycles. The minimum Gasteiger partial charge on any atom is -0.0616 e. The third kappa shape index (κ3) is 2.00. The van der Waals surface area contributed by atoms with Gasteiger partial charge in [-0.15, -0.1) is 0 Å². The monoisotopic (exact) mass is 356 g/mol. The van der Waals surface area contributed by atoms with E-state index in [0.717, 1.165) is 0 Å². The van der Waals surface area contributed by atoms with Crippen molar-refractivity contribution in [1.29, 1.82) is 0 Å². The first-order valence-electron chi connectivity index (χ1n) is 9.88. The van der Waals surface area contributed by atoms with Crippen LogP contribution in [0.2, 0.25) is 0 Å². The second-order valence-corrected chi connectivity index (χ2v) is 7.91. The van der Waals surface area contributed by atoms with Crippen LogP contribution in [0.4, 0.5) is 0 Å². The van der Waals surface area contributed by atoms with Crippen LogP contribution in [0.3, 0.4) is 0 Å². The van der Waals surface area contributed by atoms with Crippen molar-refractivity contribution in [2.45, 2.75) is 13.8 Å². The minimum atomic E-state index is 1.30. The summed E-state index contributed by atoms with van der Waals surface area (Å²) in [5.41, 5.74) is 2.70. The Balaban J connectivity index is 2.07. The number of benzene rings is 6. The molecule has 0 aliphatic carbocycles. The second kappa shape index (κ2) is 5.56. The maximum absolute atomic E-state index is 2.36. The first-order chi connectivity index (χ1) is 13.7. The van der Waals surface area contributed by atoms with Crippen LogP contribution in [0.25, 0.3) is 53.9 Å². The van der Waals surface area contributed by atoms with Gasteiger partial charge in [-0.05, 0) is 78.8 Å². The number of hydrogen-bond donors (Lipinski definition) is 0. The van der Waals surface area contributed by atoms with Crippen molar-refractivity contribution in [2.24, 2.45) is 0 Å². The zero-order valence-electron chi connectivity index (χ0n) is 16.1. The first kappa shape index (κ1) is 15.7. The number of fused-ring (bicyclic) bond motifs is 9. The third-order valence-corrected chi connectivity index (χ3v) is 6.21. The van der Waals surface area contributed by atoms with Crippen LogP contribution < -0.4 is 0 Å². The molecule has 0 bridgehead atoms. The fourth-order valence-corrected chi connectivity index (χ4v) is 5.07. The molecule has 132 valence electrons. The van der Waals surface area contributed by atoms with E-state index in [1.54, 1.807) is 0 Å². The molecule has 0 amide bonds. The minimum absolute atomic E-state index is 1.30. The molecule has 0 saturated heterocycles. The van der Waals surface area contributed by atoms with Gasteiger partial charge in [0, 0.05) is 0 Å². The maximum Gasteiger partial charge on any atom is -0.000899 e. The quantitative estimate of drug-likeness (QED) is 0.241. The van der Waals surface area contributed by atoms with Crippen molar-refractivity contribution in [3.8, 4) is 0 Å². The van der Waals surface area contributed by atoms with Gasteiger partial charge in [0.25, 0.3) is 0 Å². The maximum atomic E-state index is 2.36. The molecule has 0 unspecified atom stereocenters. The van der Waals surface area contributed by atoms with Crippen molar-refractivity contribution in [3.63, 3.8) is 0 Å². The summed E-state index contributed by atoms with van der Waals surface area (Å²) in [6.45, 7) is 4.50. The highest BCUT2D eigenvalue weighted by Gasteiger charge is 2.14. The summed E-state index contributed by atoms with van der Waals surface area (Å²) in [5.74, 6) is 0. The van der Waals surface area contributed by atoms with Gasteiger partial charge in [-0.25, -0.2) is 0 Å². The van der Waals surface area contributed by atoms with Gasteiger partial charge in [0.05, 0.1) is 0 Å². The lowest BCUT2D eigenvalue weighted by molar-refractivity contribution is 1.49. The summed E-state index contributed by atoms with van der Waals surface area (Å²) in [4.78, 5) is 0. The van der Waals surface area contributed by atoms with E-state index in [0.29, 0.717) is 0 Å². The van der Waals surface area contributed by atoms with Crippen LogP contribution in [0.5, 0.6) is 0 Å². The van der Waals surface area contributed by atoms with Crippen molar-refractivity contribution in [2.75, 3.05) is 0 Å². The Bertz CT molecular complexity index is 1450. The molecule has 0 saturated carbocycles. The molecule has 28 heavy (non-hydrogen) atoms. The normalized spacial score (nSPS) is 11.9. The summed E-state index contributed by atoms with van der Waals surface area (Å²) in [6.07, 6.45) is 0. The van der Waals surface area contributed by atoms with Crippen molar-refractivity contribution < 1.29 is 0 Å². The van der Waals surface area contributed by atoms with E-state index in [-0.39, 0.29) is 0 Å². The van der Waals surface area contributed by atoms with Gasteiger partial charge in [0.15, 0.2) is 0 Å². The zero-order chi connectivity index (χ0) is 18.8. The fraction of sp³-hybridized carbons (Fsp3) is 0.0714. The molecule has 6 aromatic carbocycles. The molecule has 0 aliphatic heterocycles. The molecule has 0 radical (unpaired) electrons. The smallest absolute Gasteiger partial charge is 0.000899 e. The van der Waals surface area contributed by atoms with Crippen LogP contribution in [0.1, 0.15) is 11.1 Å². The average molecular weight is 356 g/mol. The molecule has 0 N–H and O–H groups in total. The first-order valence-corrected chi connectivity index (χ1v) is 9.88. The Hall–Kier alpha value is -3.38. The lowest BCUT2D eigenvalue weighted by Gasteiger charge is -2.17. The van der Waals surface area contributed by atoms with E-state index in [1.165, 1.54) is 65.0 Å². The highest BCUT2D eigenvalue weighted by atomic mass is 14.2. The summed E-state index contributed by atoms with van der Waals surface area (Å²) >= 11 is 0. The molecule has 6 rings (SSSR count). The van der Waals surface area contributed by atoms with E-state index < -0.39 is 0 Å². The molecule has 0 aliphatic rings. The molecular weight excluding hydrogens is 336 g/mol. The van der Waals surface area contributed by atoms with Gasteiger partial charge in [0.2, 0.25) is 0 Å². The van der Waals surface area contributed by atoms with Gasteiger partial charge >= 0.3 is 0 Å². The third-order valence-electron chi connectivity index (χ3n) is 6.21. The Morgan fingerprint density at radius 2 is 0.821 bits per heavy atom. The Labute approximate surface area is 164 Å². The number of hydrogen-bond acceptors (Lipinski definition) is 0. The molecular formula is C28H20. The topological polar surface area (TPSA) is 0 Å². The van der Waals surface area contributed by atoms with E-state index in [4.69, 9.17) is 0 Å². The molecule has 6 aromatic rings. The SMILES string of the molecule is Cc1cc2ccc3ccccc3c2c2c1c(C)cc1ccc3ccccc3c12. The zero-order valence-corrected chi connectivity index (χ0v) is 16.1. The summed E-state index contributed by atoms with van der Waals surface area (Å²) in [6, 6.07) is 31.3. The number of aryl methyl sites for hydroxylation is 2. The highest BCUT2D eigenvalue weighted by Crippen LogP contribution is 2.42. The second-order valence-electron chi connectivity index (χ2n) is 7.91.